The molecule has 0 radical (unpaired) electrons. The van der Waals surface area contributed by atoms with E-state index >= 15 is 0 Å². The third-order valence-electron chi connectivity index (χ3n) is 3.44. The van der Waals surface area contributed by atoms with Gasteiger partial charge in [0.15, 0.2) is 11.5 Å². The van der Waals surface area contributed by atoms with Crippen LogP contribution in [-0.2, 0) is 4.79 Å². The van der Waals surface area contributed by atoms with Crippen molar-refractivity contribution in [1.29, 1.82) is 0 Å². The molecule has 1 heterocycles. The summed E-state index contributed by atoms with van der Waals surface area (Å²) < 4.78 is 34.5. The molecule has 1 N–H and O–H groups in total. The highest BCUT2D eigenvalue weighted by atomic mass is 19.3. The van der Waals surface area contributed by atoms with Gasteiger partial charge >= 0.3 is 12.3 Å². The van der Waals surface area contributed by atoms with Crippen molar-refractivity contribution in [2.45, 2.75) is 31.5 Å². The Balaban J connectivity index is 1.87. The molecule has 6 heteroatoms. The van der Waals surface area contributed by atoms with Crippen molar-refractivity contribution in [3.63, 3.8) is 0 Å². The molecular weight excluding hydrogens is 258 g/mol. The van der Waals surface area contributed by atoms with Crippen LogP contribution in [0.25, 0.3) is 0 Å². The molecule has 1 aromatic rings. The molecule has 0 amide bonds. The molecule has 4 nitrogen and oxygen atoms in total. The predicted octanol–water partition coefficient (Wildman–Crippen LogP) is 2.98. The molecule has 3 rings (SSSR count). The zero-order valence-electron chi connectivity index (χ0n) is 9.94. The van der Waals surface area contributed by atoms with Gasteiger partial charge in [-0.2, -0.15) is 0 Å². The van der Waals surface area contributed by atoms with Crippen molar-refractivity contribution in [2.75, 3.05) is 0 Å². The summed E-state index contributed by atoms with van der Waals surface area (Å²) in [5, 5.41) is 8.92. The van der Waals surface area contributed by atoms with E-state index in [1.54, 1.807) is 6.07 Å². The van der Waals surface area contributed by atoms with Gasteiger partial charge in [-0.1, -0.05) is 6.07 Å². The lowest BCUT2D eigenvalue weighted by atomic mass is 9.91. The molecule has 1 aliphatic carbocycles. The van der Waals surface area contributed by atoms with Crippen LogP contribution in [0.4, 0.5) is 8.78 Å². The Morgan fingerprint density at radius 3 is 2.68 bits per heavy atom. The van der Waals surface area contributed by atoms with Gasteiger partial charge in [0.05, 0.1) is 6.42 Å². The van der Waals surface area contributed by atoms with Gasteiger partial charge in [0.1, 0.15) is 0 Å². The first-order valence-corrected chi connectivity index (χ1v) is 6.06. The van der Waals surface area contributed by atoms with E-state index in [-0.39, 0.29) is 23.8 Å². The number of halogens is 2. The summed E-state index contributed by atoms with van der Waals surface area (Å²) in [6.07, 6.45) is -1.69. The lowest BCUT2D eigenvalue weighted by Crippen LogP contribution is -2.25. The van der Waals surface area contributed by atoms with Gasteiger partial charge < -0.3 is 14.6 Å². The largest absolute Gasteiger partial charge is 0.586 e. The van der Waals surface area contributed by atoms with E-state index < -0.39 is 12.3 Å². The Kier molecular flexibility index (Phi) is 2.62. The lowest BCUT2D eigenvalue weighted by molar-refractivity contribution is -0.286. The number of rotatable bonds is 4. The molecule has 0 saturated heterocycles. The summed E-state index contributed by atoms with van der Waals surface area (Å²) in [7, 11) is 0. The highest BCUT2D eigenvalue weighted by molar-refractivity contribution is 5.68. The Labute approximate surface area is 107 Å². The summed E-state index contributed by atoms with van der Waals surface area (Å²) >= 11 is 0. The third-order valence-corrected chi connectivity index (χ3v) is 3.44. The summed E-state index contributed by atoms with van der Waals surface area (Å²) in [4.78, 5) is 10.9. The van der Waals surface area contributed by atoms with Crippen molar-refractivity contribution in [3.05, 3.63) is 23.8 Å². The van der Waals surface area contributed by atoms with E-state index in [4.69, 9.17) is 5.11 Å². The number of aliphatic carboxylic acids is 1. The van der Waals surface area contributed by atoms with Crippen molar-refractivity contribution in [1.82, 2.24) is 0 Å². The Morgan fingerprint density at radius 1 is 1.37 bits per heavy atom. The van der Waals surface area contributed by atoms with Gasteiger partial charge in [0.25, 0.3) is 0 Å². The molecular formula is C13H12F2O4. The Morgan fingerprint density at radius 2 is 2.05 bits per heavy atom. The van der Waals surface area contributed by atoms with Crippen LogP contribution in [0.3, 0.4) is 0 Å². The summed E-state index contributed by atoms with van der Waals surface area (Å²) in [5.74, 6) is -0.769. The van der Waals surface area contributed by atoms with Crippen LogP contribution in [-0.4, -0.2) is 17.4 Å². The number of ether oxygens (including phenoxy) is 2. The molecule has 19 heavy (non-hydrogen) atoms. The Hall–Kier alpha value is -1.85. The van der Waals surface area contributed by atoms with Crippen LogP contribution in [0.5, 0.6) is 11.5 Å². The molecule has 2 aliphatic rings. The average molecular weight is 270 g/mol. The summed E-state index contributed by atoms with van der Waals surface area (Å²) in [6.45, 7) is 0. The average Bonchev–Trinajstić information content (AvgIpc) is 3.07. The maximum absolute atomic E-state index is 12.9. The molecule has 1 fully saturated rings. The van der Waals surface area contributed by atoms with Gasteiger partial charge in [-0.15, -0.1) is 8.78 Å². The van der Waals surface area contributed by atoms with E-state index in [2.05, 4.69) is 9.47 Å². The highest BCUT2D eigenvalue weighted by Gasteiger charge is 2.44. The van der Waals surface area contributed by atoms with Crippen LogP contribution >= 0.6 is 0 Å². The van der Waals surface area contributed by atoms with Crippen molar-refractivity contribution < 1.29 is 28.2 Å². The van der Waals surface area contributed by atoms with Crippen molar-refractivity contribution in [2.24, 2.45) is 5.92 Å². The first-order valence-electron chi connectivity index (χ1n) is 6.06. The van der Waals surface area contributed by atoms with E-state index in [1.807, 2.05) is 0 Å². The van der Waals surface area contributed by atoms with E-state index in [9.17, 15) is 13.6 Å². The van der Waals surface area contributed by atoms with Crippen LogP contribution in [0.15, 0.2) is 18.2 Å². The minimum Gasteiger partial charge on any atom is -0.481 e. The summed E-state index contributed by atoms with van der Waals surface area (Å²) in [6, 6.07) is 4.50. The monoisotopic (exact) mass is 270 g/mol. The second-order valence-corrected chi connectivity index (χ2v) is 4.92. The van der Waals surface area contributed by atoms with Gasteiger partial charge in [-0.05, 0) is 42.4 Å². The molecule has 0 spiro atoms. The van der Waals surface area contributed by atoms with Gasteiger partial charge in [-0.25, -0.2) is 0 Å². The number of carboxylic acids is 1. The topological polar surface area (TPSA) is 55.8 Å². The number of fused-ring (bicyclic) bond motifs is 1. The molecule has 1 aromatic carbocycles. The SMILES string of the molecule is O=C(O)CC(c1ccc2c(c1)OC(F)(F)O2)C1CC1. The molecule has 1 unspecified atom stereocenters. The van der Waals surface area contributed by atoms with Gasteiger partial charge in [0.2, 0.25) is 0 Å². The molecule has 1 aliphatic heterocycles. The standard InChI is InChI=1S/C13H12F2O4/c14-13(15)18-10-4-3-8(5-11(10)19-13)9(6-12(16)17)7-1-2-7/h3-5,7,9H,1-2,6H2,(H,16,17). The Bertz CT molecular complexity index is 525. The van der Waals surface area contributed by atoms with Crippen molar-refractivity contribution in [3.8, 4) is 11.5 Å². The first-order chi connectivity index (χ1) is 8.94. The zero-order valence-corrected chi connectivity index (χ0v) is 9.94. The molecule has 1 saturated carbocycles. The zero-order chi connectivity index (χ0) is 13.6. The van der Waals surface area contributed by atoms with E-state index in [0.29, 0.717) is 11.5 Å². The maximum Gasteiger partial charge on any atom is 0.586 e. The van der Waals surface area contributed by atoms with Gasteiger partial charge in [-0.3, -0.25) is 4.79 Å². The third kappa shape index (κ3) is 2.47. The normalized spacial score (nSPS) is 21.2. The minimum atomic E-state index is -3.64. The number of hydrogen-bond donors (Lipinski definition) is 1. The van der Waals surface area contributed by atoms with Crippen LogP contribution in [0.1, 0.15) is 30.7 Å². The fraction of sp³-hybridized carbons (Fsp3) is 0.462. The van der Waals surface area contributed by atoms with E-state index in [1.165, 1.54) is 12.1 Å². The maximum atomic E-state index is 12.9. The number of benzene rings is 1. The number of carboxylic acid groups (broad SMARTS) is 1. The number of carbonyl (C=O) groups is 1. The fourth-order valence-corrected chi connectivity index (χ4v) is 2.44. The molecule has 102 valence electrons. The molecule has 1 atom stereocenters. The quantitative estimate of drug-likeness (QED) is 0.913. The molecule has 0 aromatic heterocycles. The second-order valence-electron chi connectivity index (χ2n) is 4.92. The smallest absolute Gasteiger partial charge is 0.481 e. The fourth-order valence-electron chi connectivity index (χ4n) is 2.44. The van der Waals surface area contributed by atoms with Gasteiger partial charge in [0, 0.05) is 0 Å². The molecule has 0 bridgehead atoms. The predicted molar refractivity (Wildman–Crippen MR) is 60.4 cm³/mol. The first kappa shape index (κ1) is 12.2. The van der Waals surface area contributed by atoms with E-state index in [0.717, 1.165) is 12.8 Å². The summed E-state index contributed by atoms with van der Waals surface area (Å²) in [5.41, 5.74) is 0.713. The number of alkyl halides is 2. The van der Waals surface area contributed by atoms with Crippen LogP contribution in [0, 0.1) is 5.92 Å². The highest BCUT2D eigenvalue weighted by Crippen LogP contribution is 2.48. The number of hydrogen-bond acceptors (Lipinski definition) is 3. The van der Waals surface area contributed by atoms with Crippen molar-refractivity contribution >= 4 is 5.97 Å². The second kappa shape index (κ2) is 4.08. The lowest BCUT2D eigenvalue weighted by Gasteiger charge is -2.14. The minimum absolute atomic E-state index is 0.000698. The van der Waals surface area contributed by atoms with Crippen LogP contribution < -0.4 is 9.47 Å². The van der Waals surface area contributed by atoms with Crippen LogP contribution in [0.2, 0.25) is 0 Å².